The lowest BCUT2D eigenvalue weighted by molar-refractivity contribution is -0.139. The quantitative estimate of drug-likeness (QED) is 0.915. The molecule has 7 heteroatoms. The standard InChI is InChI=1S/C19H25N5O2/c1-12-10-15(17-20-11-13(2)22-17)23-18(21-12)16-4-3-7-24(16)19(25)14-5-8-26-9-6-14/h10-11,14,16H,3-9H2,1-2H3,(H,20,22)/t16-/m0/s1. The normalized spacial score (nSPS) is 21.3. The molecule has 138 valence electrons. The van der Waals surface area contributed by atoms with Gasteiger partial charge in [0.15, 0.2) is 11.6 Å². The van der Waals surface area contributed by atoms with Crippen molar-refractivity contribution in [2.45, 2.75) is 45.6 Å². The summed E-state index contributed by atoms with van der Waals surface area (Å²) in [5.41, 5.74) is 2.67. The second kappa shape index (κ2) is 7.15. The fourth-order valence-corrected chi connectivity index (χ4v) is 3.88. The molecular weight excluding hydrogens is 330 g/mol. The maximum Gasteiger partial charge on any atom is 0.226 e. The number of carbonyl (C=O) groups is 1. The van der Waals surface area contributed by atoms with Crippen molar-refractivity contribution in [1.29, 1.82) is 0 Å². The summed E-state index contributed by atoms with van der Waals surface area (Å²) in [5.74, 6) is 1.78. The van der Waals surface area contributed by atoms with Gasteiger partial charge < -0.3 is 14.6 Å². The van der Waals surface area contributed by atoms with Crippen LogP contribution in [0.4, 0.5) is 0 Å². The van der Waals surface area contributed by atoms with E-state index in [9.17, 15) is 4.79 Å². The molecule has 2 aromatic rings. The first-order valence-corrected chi connectivity index (χ1v) is 9.37. The van der Waals surface area contributed by atoms with Crippen LogP contribution in [-0.4, -0.2) is 50.5 Å². The zero-order chi connectivity index (χ0) is 18.1. The molecule has 2 fully saturated rings. The molecule has 2 saturated heterocycles. The Kier molecular flexibility index (Phi) is 4.72. The number of hydrogen-bond acceptors (Lipinski definition) is 5. The van der Waals surface area contributed by atoms with Crippen molar-refractivity contribution in [3.05, 3.63) is 29.5 Å². The van der Waals surface area contributed by atoms with Gasteiger partial charge in [0.25, 0.3) is 0 Å². The molecule has 1 atom stereocenters. The number of amides is 1. The van der Waals surface area contributed by atoms with Crippen molar-refractivity contribution in [3.8, 4) is 11.5 Å². The predicted molar refractivity (Wildman–Crippen MR) is 96.3 cm³/mol. The predicted octanol–water partition coefficient (Wildman–Crippen LogP) is 2.57. The summed E-state index contributed by atoms with van der Waals surface area (Å²) in [5, 5.41) is 0. The average Bonchev–Trinajstić information content (AvgIpc) is 3.30. The Labute approximate surface area is 153 Å². The number of H-pyrrole nitrogens is 1. The van der Waals surface area contributed by atoms with Gasteiger partial charge in [-0.2, -0.15) is 0 Å². The van der Waals surface area contributed by atoms with Crippen LogP contribution < -0.4 is 0 Å². The molecule has 2 aromatic heterocycles. The molecule has 7 nitrogen and oxygen atoms in total. The van der Waals surface area contributed by atoms with Crippen LogP contribution in [0.25, 0.3) is 11.5 Å². The Hall–Kier alpha value is -2.28. The van der Waals surface area contributed by atoms with E-state index >= 15 is 0 Å². The Balaban J connectivity index is 1.61. The molecule has 0 radical (unpaired) electrons. The van der Waals surface area contributed by atoms with Crippen LogP contribution in [-0.2, 0) is 9.53 Å². The van der Waals surface area contributed by atoms with Gasteiger partial charge >= 0.3 is 0 Å². The minimum Gasteiger partial charge on any atom is -0.381 e. The van der Waals surface area contributed by atoms with Gasteiger partial charge in [0.1, 0.15) is 5.69 Å². The molecule has 0 aliphatic carbocycles. The number of aromatic nitrogens is 4. The molecule has 1 amide bonds. The minimum absolute atomic E-state index is 0.0416. The maximum absolute atomic E-state index is 13.0. The van der Waals surface area contributed by atoms with Crippen LogP contribution in [0.3, 0.4) is 0 Å². The van der Waals surface area contributed by atoms with Crippen molar-refractivity contribution in [1.82, 2.24) is 24.8 Å². The summed E-state index contributed by atoms with van der Waals surface area (Å²) < 4.78 is 5.40. The van der Waals surface area contributed by atoms with Crippen LogP contribution in [0.15, 0.2) is 12.3 Å². The van der Waals surface area contributed by atoms with Gasteiger partial charge in [-0.1, -0.05) is 0 Å². The monoisotopic (exact) mass is 355 g/mol. The smallest absolute Gasteiger partial charge is 0.226 e. The van der Waals surface area contributed by atoms with E-state index in [2.05, 4.69) is 15.0 Å². The molecule has 2 aliphatic heterocycles. The summed E-state index contributed by atoms with van der Waals surface area (Å²) >= 11 is 0. The number of hydrogen-bond donors (Lipinski definition) is 1. The van der Waals surface area contributed by atoms with Crippen molar-refractivity contribution >= 4 is 5.91 Å². The number of ether oxygens (including phenoxy) is 1. The highest BCUT2D eigenvalue weighted by Gasteiger charge is 2.36. The lowest BCUT2D eigenvalue weighted by Crippen LogP contribution is -2.38. The molecule has 4 rings (SSSR count). The number of imidazole rings is 1. The number of nitrogens with zero attached hydrogens (tertiary/aromatic N) is 4. The first-order chi connectivity index (χ1) is 12.6. The Morgan fingerprint density at radius 3 is 2.77 bits per heavy atom. The third kappa shape index (κ3) is 3.35. The largest absolute Gasteiger partial charge is 0.381 e. The molecule has 1 N–H and O–H groups in total. The van der Waals surface area contributed by atoms with E-state index in [1.165, 1.54) is 0 Å². The number of aryl methyl sites for hydroxylation is 2. The number of aromatic amines is 1. The topological polar surface area (TPSA) is 84.0 Å². The number of rotatable bonds is 3. The Morgan fingerprint density at radius 2 is 2.04 bits per heavy atom. The van der Waals surface area contributed by atoms with E-state index in [1.54, 1.807) is 6.20 Å². The first kappa shape index (κ1) is 17.1. The molecule has 2 aliphatic rings. The summed E-state index contributed by atoms with van der Waals surface area (Å²) in [6, 6.07) is 1.89. The fraction of sp³-hybridized carbons (Fsp3) is 0.579. The van der Waals surface area contributed by atoms with Crippen molar-refractivity contribution in [2.24, 2.45) is 5.92 Å². The lowest BCUT2D eigenvalue weighted by atomic mass is 9.98. The molecule has 0 unspecified atom stereocenters. The minimum atomic E-state index is -0.0416. The third-order valence-electron chi connectivity index (χ3n) is 5.22. The molecule has 0 bridgehead atoms. The zero-order valence-electron chi connectivity index (χ0n) is 15.4. The molecule has 26 heavy (non-hydrogen) atoms. The van der Waals surface area contributed by atoms with Gasteiger partial charge in [0.05, 0.1) is 6.04 Å². The van der Waals surface area contributed by atoms with E-state index in [1.807, 2.05) is 24.8 Å². The molecule has 0 aromatic carbocycles. The third-order valence-corrected chi connectivity index (χ3v) is 5.22. The average molecular weight is 355 g/mol. The summed E-state index contributed by atoms with van der Waals surface area (Å²) in [6.45, 7) is 6.07. The molecule has 0 saturated carbocycles. The van der Waals surface area contributed by atoms with Crippen molar-refractivity contribution < 1.29 is 9.53 Å². The van der Waals surface area contributed by atoms with E-state index in [4.69, 9.17) is 9.72 Å². The van der Waals surface area contributed by atoms with Crippen molar-refractivity contribution in [2.75, 3.05) is 19.8 Å². The highest BCUT2D eigenvalue weighted by Crippen LogP contribution is 2.33. The van der Waals surface area contributed by atoms with Gasteiger partial charge in [-0.15, -0.1) is 0 Å². The van der Waals surface area contributed by atoms with Crippen LogP contribution in [0.1, 0.15) is 48.9 Å². The number of carbonyl (C=O) groups excluding carboxylic acids is 1. The SMILES string of the molecule is Cc1cc(-c2ncc(C)[nH]2)nc([C@@H]2CCCN2C(=O)C2CCOCC2)n1. The molecule has 0 spiro atoms. The molecular formula is C19H25N5O2. The summed E-state index contributed by atoms with van der Waals surface area (Å²) in [4.78, 5) is 32.0. The second-order valence-electron chi connectivity index (χ2n) is 7.24. The van der Waals surface area contributed by atoms with Crippen molar-refractivity contribution in [3.63, 3.8) is 0 Å². The van der Waals surface area contributed by atoms with Crippen LogP contribution >= 0.6 is 0 Å². The Morgan fingerprint density at radius 1 is 1.23 bits per heavy atom. The lowest BCUT2D eigenvalue weighted by Gasteiger charge is -2.30. The first-order valence-electron chi connectivity index (χ1n) is 9.37. The highest BCUT2D eigenvalue weighted by molar-refractivity contribution is 5.79. The van der Waals surface area contributed by atoms with Gasteiger partial charge in [0.2, 0.25) is 5.91 Å². The maximum atomic E-state index is 13.0. The highest BCUT2D eigenvalue weighted by atomic mass is 16.5. The number of likely N-dealkylation sites (tertiary alicyclic amines) is 1. The van der Waals surface area contributed by atoms with Crippen LogP contribution in [0.2, 0.25) is 0 Å². The molecule has 4 heterocycles. The fourth-order valence-electron chi connectivity index (χ4n) is 3.88. The summed E-state index contributed by atoms with van der Waals surface area (Å²) in [6.07, 6.45) is 5.32. The van der Waals surface area contributed by atoms with E-state index < -0.39 is 0 Å². The summed E-state index contributed by atoms with van der Waals surface area (Å²) in [7, 11) is 0. The van der Waals surface area contributed by atoms with Gasteiger partial charge in [-0.25, -0.2) is 15.0 Å². The number of nitrogens with one attached hydrogen (secondary N) is 1. The second-order valence-corrected chi connectivity index (χ2v) is 7.24. The van der Waals surface area contributed by atoms with E-state index in [0.717, 1.165) is 61.0 Å². The van der Waals surface area contributed by atoms with E-state index in [-0.39, 0.29) is 17.9 Å². The van der Waals surface area contributed by atoms with Crippen LogP contribution in [0, 0.1) is 19.8 Å². The Bertz CT molecular complexity index is 797. The zero-order valence-corrected chi connectivity index (χ0v) is 15.4. The van der Waals surface area contributed by atoms with Crippen LogP contribution in [0.5, 0.6) is 0 Å². The van der Waals surface area contributed by atoms with Gasteiger partial charge in [-0.05, 0) is 45.6 Å². The van der Waals surface area contributed by atoms with E-state index in [0.29, 0.717) is 13.2 Å². The van der Waals surface area contributed by atoms with Gasteiger partial charge in [0, 0.05) is 43.3 Å². The van der Waals surface area contributed by atoms with Gasteiger partial charge in [-0.3, -0.25) is 4.79 Å².